The standard InChI is InChI=1S/C29H21FN6O3/c30-20-6-4-5-18(11-20)16-36-26-10-9-21(12-19(26)15-33-36)34-28-23-13-25(27(37)14-24(23)31-17-32-28)35-29(38)39-22-7-2-1-3-8-22/h1-15,17,37H,16H2,(H,35,38)(H,31,32,34). The van der Waals surface area contributed by atoms with Crippen molar-refractivity contribution in [3.05, 3.63) is 109 Å². The number of amides is 1. The number of nitrogens with one attached hydrogen (secondary N) is 2. The maximum Gasteiger partial charge on any atom is 0.417 e. The Labute approximate surface area is 221 Å². The lowest BCUT2D eigenvalue weighted by Crippen LogP contribution is -2.16. The number of hydrogen-bond donors (Lipinski definition) is 3. The van der Waals surface area contributed by atoms with E-state index in [1.54, 1.807) is 42.6 Å². The summed E-state index contributed by atoms with van der Waals surface area (Å²) in [7, 11) is 0. The van der Waals surface area contributed by atoms with Crippen molar-refractivity contribution in [3.8, 4) is 11.5 Å². The summed E-state index contributed by atoms with van der Waals surface area (Å²) in [5.74, 6) is 0.401. The zero-order valence-electron chi connectivity index (χ0n) is 20.4. The number of aromatic hydroxyl groups is 1. The molecule has 10 heteroatoms. The summed E-state index contributed by atoms with van der Waals surface area (Å²) in [5, 5.41) is 22.2. The second-order valence-electron chi connectivity index (χ2n) is 8.77. The molecule has 0 aliphatic rings. The van der Waals surface area contributed by atoms with E-state index in [4.69, 9.17) is 4.74 Å². The van der Waals surface area contributed by atoms with Crippen molar-refractivity contribution in [1.82, 2.24) is 19.7 Å². The minimum Gasteiger partial charge on any atom is -0.506 e. The van der Waals surface area contributed by atoms with Gasteiger partial charge in [-0.05, 0) is 54.1 Å². The Balaban J connectivity index is 1.25. The molecule has 0 aliphatic heterocycles. The van der Waals surface area contributed by atoms with Gasteiger partial charge in [-0.2, -0.15) is 5.10 Å². The molecule has 6 aromatic rings. The van der Waals surface area contributed by atoms with E-state index in [1.807, 2.05) is 35.0 Å². The lowest BCUT2D eigenvalue weighted by Gasteiger charge is -2.12. The van der Waals surface area contributed by atoms with Gasteiger partial charge in [0.25, 0.3) is 0 Å². The minimum atomic E-state index is -0.747. The molecule has 0 spiro atoms. The van der Waals surface area contributed by atoms with Crippen LogP contribution in [0.15, 0.2) is 97.5 Å². The number of rotatable bonds is 6. The van der Waals surface area contributed by atoms with E-state index in [-0.39, 0.29) is 17.3 Å². The van der Waals surface area contributed by atoms with Crippen LogP contribution in [0.25, 0.3) is 21.8 Å². The van der Waals surface area contributed by atoms with E-state index >= 15 is 0 Å². The van der Waals surface area contributed by atoms with E-state index in [0.717, 1.165) is 22.2 Å². The highest BCUT2D eigenvalue weighted by Crippen LogP contribution is 2.33. The van der Waals surface area contributed by atoms with Gasteiger partial charge in [-0.25, -0.2) is 19.2 Å². The SMILES string of the molecule is O=C(Nc1cc2c(Nc3ccc4c(cnn4Cc4cccc(F)c4)c3)ncnc2cc1O)Oc1ccccc1. The molecule has 0 bridgehead atoms. The zero-order valence-corrected chi connectivity index (χ0v) is 20.4. The van der Waals surface area contributed by atoms with Gasteiger partial charge in [0.1, 0.15) is 29.5 Å². The van der Waals surface area contributed by atoms with Crippen LogP contribution < -0.4 is 15.4 Å². The molecule has 0 unspecified atom stereocenters. The minimum absolute atomic E-state index is 0.148. The lowest BCUT2D eigenvalue weighted by molar-refractivity contribution is 0.215. The molecule has 2 aromatic heterocycles. The van der Waals surface area contributed by atoms with Crippen molar-refractivity contribution in [1.29, 1.82) is 0 Å². The summed E-state index contributed by atoms with van der Waals surface area (Å²) >= 11 is 0. The number of anilines is 3. The quantitative estimate of drug-likeness (QED) is 0.223. The molecule has 39 heavy (non-hydrogen) atoms. The Bertz CT molecular complexity index is 1820. The van der Waals surface area contributed by atoms with Crippen LogP contribution in [0.1, 0.15) is 5.56 Å². The molecule has 4 aromatic carbocycles. The fourth-order valence-electron chi connectivity index (χ4n) is 4.26. The molecule has 9 nitrogen and oxygen atoms in total. The van der Waals surface area contributed by atoms with Gasteiger partial charge in [-0.15, -0.1) is 0 Å². The van der Waals surface area contributed by atoms with Gasteiger partial charge in [0.05, 0.1) is 29.5 Å². The molecule has 0 radical (unpaired) electrons. The Morgan fingerprint density at radius 1 is 0.974 bits per heavy atom. The van der Waals surface area contributed by atoms with Crippen LogP contribution in [-0.4, -0.2) is 30.9 Å². The summed E-state index contributed by atoms with van der Waals surface area (Å²) < 4.78 is 20.7. The van der Waals surface area contributed by atoms with Gasteiger partial charge in [0.15, 0.2) is 0 Å². The van der Waals surface area contributed by atoms with Crippen LogP contribution in [0.2, 0.25) is 0 Å². The summed E-state index contributed by atoms with van der Waals surface area (Å²) in [6.07, 6.45) is 2.38. The first kappa shape index (κ1) is 23.9. The first-order chi connectivity index (χ1) is 19.0. The Morgan fingerprint density at radius 3 is 2.69 bits per heavy atom. The van der Waals surface area contributed by atoms with Gasteiger partial charge < -0.3 is 15.2 Å². The number of phenolic OH excluding ortho intramolecular Hbond substituents is 1. The molecule has 0 saturated heterocycles. The third-order valence-corrected chi connectivity index (χ3v) is 6.07. The Kier molecular flexibility index (Phi) is 6.18. The first-order valence-electron chi connectivity index (χ1n) is 12.0. The first-order valence-corrected chi connectivity index (χ1v) is 12.0. The van der Waals surface area contributed by atoms with Crippen LogP contribution in [0, 0.1) is 5.82 Å². The van der Waals surface area contributed by atoms with Crippen LogP contribution in [0.4, 0.5) is 26.4 Å². The second-order valence-corrected chi connectivity index (χ2v) is 8.77. The number of para-hydroxylation sites is 1. The summed E-state index contributed by atoms with van der Waals surface area (Å²) in [4.78, 5) is 21.0. The average Bonchev–Trinajstić information content (AvgIpc) is 3.32. The normalized spacial score (nSPS) is 11.0. The molecule has 0 fully saturated rings. The van der Waals surface area contributed by atoms with Crippen molar-refractivity contribution in [2.45, 2.75) is 6.54 Å². The Hall–Kier alpha value is -5.51. The van der Waals surface area contributed by atoms with Crippen molar-refractivity contribution in [2.75, 3.05) is 10.6 Å². The smallest absolute Gasteiger partial charge is 0.417 e. The largest absolute Gasteiger partial charge is 0.506 e. The van der Waals surface area contributed by atoms with Gasteiger partial charge in [-0.1, -0.05) is 30.3 Å². The number of aromatic nitrogens is 4. The van der Waals surface area contributed by atoms with E-state index < -0.39 is 6.09 Å². The summed E-state index contributed by atoms with van der Waals surface area (Å²) in [6, 6.07) is 23.8. The summed E-state index contributed by atoms with van der Waals surface area (Å²) in [5.41, 5.74) is 3.09. The third kappa shape index (κ3) is 5.16. The monoisotopic (exact) mass is 520 g/mol. The van der Waals surface area contributed by atoms with E-state index in [1.165, 1.54) is 24.5 Å². The highest BCUT2D eigenvalue weighted by molar-refractivity contribution is 5.98. The number of carbonyl (C=O) groups excluding carboxylic acids is 1. The van der Waals surface area contributed by atoms with E-state index in [2.05, 4.69) is 25.7 Å². The molecule has 6 rings (SSSR count). The van der Waals surface area contributed by atoms with Crippen LogP contribution in [-0.2, 0) is 6.54 Å². The number of nitrogens with zero attached hydrogens (tertiary/aromatic N) is 4. The van der Waals surface area contributed by atoms with E-state index in [0.29, 0.717) is 29.0 Å². The number of benzene rings is 4. The van der Waals surface area contributed by atoms with Gasteiger partial charge >= 0.3 is 6.09 Å². The molecule has 2 heterocycles. The number of hydrogen-bond acceptors (Lipinski definition) is 7. The fourth-order valence-corrected chi connectivity index (χ4v) is 4.26. The van der Waals surface area contributed by atoms with Crippen molar-refractivity contribution in [3.63, 3.8) is 0 Å². The number of ether oxygens (including phenoxy) is 1. The molecule has 1 amide bonds. The number of carbonyl (C=O) groups is 1. The molecule has 3 N–H and O–H groups in total. The molecule has 0 saturated carbocycles. The van der Waals surface area contributed by atoms with E-state index in [9.17, 15) is 14.3 Å². The van der Waals surface area contributed by atoms with Crippen LogP contribution in [0.5, 0.6) is 11.5 Å². The molecule has 0 aliphatic carbocycles. The fraction of sp³-hybridized carbons (Fsp3) is 0.0345. The highest BCUT2D eigenvalue weighted by Gasteiger charge is 2.14. The average molecular weight is 521 g/mol. The third-order valence-electron chi connectivity index (χ3n) is 6.07. The topological polar surface area (TPSA) is 114 Å². The molecular formula is C29H21FN6O3. The lowest BCUT2D eigenvalue weighted by atomic mass is 10.1. The van der Waals surface area contributed by atoms with Crippen molar-refractivity contribution < 1.29 is 19.0 Å². The van der Waals surface area contributed by atoms with Crippen molar-refractivity contribution in [2.24, 2.45) is 0 Å². The molecular weight excluding hydrogens is 499 g/mol. The predicted octanol–water partition coefficient (Wildman–Crippen LogP) is 6.23. The summed E-state index contributed by atoms with van der Waals surface area (Å²) in [6.45, 7) is 0.441. The zero-order chi connectivity index (χ0) is 26.8. The highest BCUT2D eigenvalue weighted by atomic mass is 19.1. The van der Waals surface area contributed by atoms with Crippen LogP contribution >= 0.6 is 0 Å². The Morgan fingerprint density at radius 2 is 1.85 bits per heavy atom. The predicted molar refractivity (Wildman–Crippen MR) is 146 cm³/mol. The van der Waals surface area contributed by atoms with Crippen molar-refractivity contribution >= 4 is 45.1 Å². The van der Waals surface area contributed by atoms with Gasteiger partial charge in [0, 0.05) is 22.5 Å². The van der Waals surface area contributed by atoms with Crippen LogP contribution in [0.3, 0.4) is 0 Å². The number of fused-ring (bicyclic) bond motifs is 2. The van der Waals surface area contributed by atoms with Gasteiger partial charge in [0.2, 0.25) is 0 Å². The maximum atomic E-state index is 13.6. The number of halogens is 1. The second kappa shape index (κ2) is 10.1. The maximum absolute atomic E-state index is 13.6. The number of phenols is 1. The molecule has 0 atom stereocenters. The molecule has 192 valence electrons. The van der Waals surface area contributed by atoms with Gasteiger partial charge in [-0.3, -0.25) is 10.00 Å².